The van der Waals surface area contributed by atoms with Gasteiger partial charge >= 0.3 is 5.97 Å². The van der Waals surface area contributed by atoms with Gasteiger partial charge in [0.05, 0.1) is 12.6 Å². The van der Waals surface area contributed by atoms with Gasteiger partial charge in [-0.05, 0) is 12.5 Å². The van der Waals surface area contributed by atoms with E-state index in [1.54, 1.807) is 4.68 Å². The second kappa shape index (κ2) is 5.44. The van der Waals surface area contributed by atoms with Crippen LogP contribution in [0.25, 0.3) is 10.9 Å². The predicted molar refractivity (Wildman–Crippen MR) is 66.4 cm³/mol. The molecule has 0 atom stereocenters. The number of nitrogens with zero attached hydrogens (tertiary/aromatic N) is 2. The summed E-state index contributed by atoms with van der Waals surface area (Å²) in [5.41, 5.74) is 1.34. The molecule has 18 heavy (non-hydrogen) atoms. The molecule has 1 aromatic heterocycles. The first kappa shape index (κ1) is 12.3. The van der Waals surface area contributed by atoms with Gasteiger partial charge in [0.1, 0.15) is 5.69 Å². The smallest absolute Gasteiger partial charge is 0.305 e. The SMILES string of the molecule is COC(=O)CCCn1nc(C=O)c2ccccc21. The molecule has 0 saturated heterocycles. The van der Waals surface area contributed by atoms with Gasteiger partial charge in [0.25, 0.3) is 0 Å². The van der Waals surface area contributed by atoms with E-state index < -0.39 is 0 Å². The molecular weight excluding hydrogens is 232 g/mol. The van der Waals surface area contributed by atoms with Gasteiger partial charge in [-0.2, -0.15) is 5.10 Å². The van der Waals surface area contributed by atoms with Crippen molar-refractivity contribution in [3.63, 3.8) is 0 Å². The standard InChI is InChI=1S/C13H14N2O3/c1-18-13(17)7-4-8-15-12-6-3-2-5-10(12)11(9-16)14-15/h2-3,5-6,9H,4,7-8H2,1H3. The Labute approximate surface area is 104 Å². The molecule has 0 amide bonds. The molecule has 0 fully saturated rings. The van der Waals surface area contributed by atoms with Crippen molar-refractivity contribution in [3.05, 3.63) is 30.0 Å². The largest absolute Gasteiger partial charge is 0.469 e. The van der Waals surface area contributed by atoms with Gasteiger partial charge in [-0.15, -0.1) is 0 Å². The van der Waals surface area contributed by atoms with Crippen molar-refractivity contribution < 1.29 is 14.3 Å². The number of rotatable bonds is 5. The third-order valence-corrected chi connectivity index (χ3v) is 2.78. The molecular formula is C13H14N2O3. The first-order valence-electron chi connectivity index (χ1n) is 5.74. The Bertz CT molecular complexity index is 575. The van der Waals surface area contributed by atoms with Crippen LogP contribution in [0.2, 0.25) is 0 Å². The number of esters is 1. The van der Waals surface area contributed by atoms with Gasteiger partial charge in [-0.3, -0.25) is 14.3 Å². The van der Waals surface area contributed by atoms with E-state index in [0.717, 1.165) is 17.2 Å². The van der Waals surface area contributed by atoms with Crippen LogP contribution in [-0.2, 0) is 16.1 Å². The number of carbonyl (C=O) groups is 2. The third-order valence-electron chi connectivity index (χ3n) is 2.78. The highest BCUT2D eigenvalue weighted by Gasteiger charge is 2.09. The first-order valence-corrected chi connectivity index (χ1v) is 5.74. The number of benzene rings is 1. The van der Waals surface area contributed by atoms with Gasteiger partial charge < -0.3 is 4.74 Å². The molecule has 2 aromatic rings. The second-order valence-corrected chi connectivity index (χ2v) is 3.92. The summed E-state index contributed by atoms with van der Waals surface area (Å²) in [5.74, 6) is -0.234. The molecule has 94 valence electrons. The minimum Gasteiger partial charge on any atom is -0.469 e. The lowest BCUT2D eigenvalue weighted by atomic mass is 10.2. The van der Waals surface area contributed by atoms with Crippen LogP contribution in [0.4, 0.5) is 0 Å². The van der Waals surface area contributed by atoms with Crippen LogP contribution >= 0.6 is 0 Å². The minimum absolute atomic E-state index is 0.234. The molecule has 0 radical (unpaired) electrons. The first-order chi connectivity index (χ1) is 8.76. The van der Waals surface area contributed by atoms with Crippen LogP contribution in [0, 0.1) is 0 Å². The van der Waals surface area contributed by atoms with Crippen LogP contribution in [0.3, 0.4) is 0 Å². The van der Waals surface area contributed by atoms with E-state index in [0.29, 0.717) is 25.1 Å². The quantitative estimate of drug-likeness (QED) is 0.596. The highest BCUT2D eigenvalue weighted by atomic mass is 16.5. The summed E-state index contributed by atoms with van der Waals surface area (Å²) in [5, 5.41) is 5.07. The van der Waals surface area contributed by atoms with Gasteiger partial charge in [0.15, 0.2) is 6.29 Å². The molecule has 5 heteroatoms. The Morgan fingerprint density at radius 1 is 1.44 bits per heavy atom. The van der Waals surface area contributed by atoms with E-state index >= 15 is 0 Å². The number of hydrogen-bond acceptors (Lipinski definition) is 4. The maximum absolute atomic E-state index is 11.0. The van der Waals surface area contributed by atoms with Crippen molar-refractivity contribution in [1.82, 2.24) is 9.78 Å². The lowest BCUT2D eigenvalue weighted by Gasteiger charge is -2.02. The van der Waals surface area contributed by atoms with Crippen molar-refractivity contribution >= 4 is 23.2 Å². The number of hydrogen-bond donors (Lipinski definition) is 0. The Morgan fingerprint density at radius 3 is 2.94 bits per heavy atom. The fraction of sp³-hybridized carbons (Fsp3) is 0.308. The molecule has 0 aliphatic rings. The van der Waals surface area contributed by atoms with E-state index in [1.165, 1.54) is 7.11 Å². The number of carbonyl (C=O) groups excluding carboxylic acids is 2. The number of aryl methyl sites for hydroxylation is 1. The van der Waals surface area contributed by atoms with Gasteiger partial charge in [0, 0.05) is 18.4 Å². The highest BCUT2D eigenvalue weighted by Crippen LogP contribution is 2.17. The van der Waals surface area contributed by atoms with Crippen molar-refractivity contribution in [2.45, 2.75) is 19.4 Å². The van der Waals surface area contributed by atoms with E-state index in [2.05, 4.69) is 9.84 Å². The number of aromatic nitrogens is 2. The molecule has 0 N–H and O–H groups in total. The van der Waals surface area contributed by atoms with E-state index in [-0.39, 0.29) is 5.97 Å². The Balaban J connectivity index is 2.18. The van der Waals surface area contributed by atoms with Crippen LogP contribution in [-0.4, -0.2) is 29.1 Å². The zero-order valence-corrected chi connectivity index (χ0v) is 10.1. The monoisotopic (exact) mass is 246 g/mol. The number of aldehydes is 1. The molecule has 1 aromatic carbocycles. The number of methoxy groups -OCH3 is 1. The summed E-state index contributed by atoms with van der Waals surface area (Å²) >= 11 is 0. The van der Waals surface area contributed by atoms with Gasteiger partial charge in [0.2, 0.25) is 0 Å². The van der Waals surface area contributed by atoms with Crippen molar-refractivity contribution in [1.29, 1.82) is 0 Å². The van der Waals surface area contributed by atoms with E-state index in [9.17, 15) is 9.59 Å². The number of ether oxygens (including phenoxy) is 1. The maximum Gasteiger partial charge on any atom is 0.305 e. The van der Waals surface area contributed by atoms with Crippen LogP contribution in [0.15, 0.2) is 24.3 Å². The predicted octanol–water partition coefficient (Wildman–Crippen LogP) is 1.80. The zero-order chi connectivity index (χ0) is 13.0. The third kappa shape index (κ3) is 2.40. The van der Waals surface area contributed by atoms with Crippen molar-refractivity contribution in [2.24, 2.45) is 0 Å². The Kier molecular flexibility index (Phi) is 3.72. The maximum atomic E-state index is 11.0. The lowest BCUT2D eigenvalue weighted by molar-refractivity contribution is -0.140. The zero-order valence-electron chi connectivity index (χ0n) is 10.1. The van der Waals surface area contributed by atoms with Crippen LogP contribution < -0.4 is 0 Å². The molecule has 0 spiro atoms. The van der Waals surface area contributed by atoms with Crippen molar-refractivity contribution in [3.8, 4) is 0 Å². The summed E-state index contributed by atoms with van der Waals surface area (Å²) in [6.45, 7) is 0.587. The topological polar surface area (TPSA) is 61.2 Å². The number of para-hydroxylation sites is 1. The summed E-state index contributed by atoms with van der Waals surface area (Å²) in [6.07, 6.45) is 1.73. The second-order valence-electron chi connectivity index (χ2n) is 3.92. The van der Waals surface area contributed by atoms with Gasteiger partial charge in [-0.25, -0.2) is 0 Å². The van der Waals surface area contributed by atoms with Crippen molar-refractivity contribution in [2.75, 3.05) is 7.11 Å². The molecule has 0 unspecified atom stereocenters. The molecule has 1 heterocycles. The summed E-state index contributed by atoms with van der Waals surface area (Å²) in [4.78, 5) is 21.9. The van der Waals surface area contributed by atoms with E-state index in [1.807, 2.05) is 24.3 Å². The molecule has 5 nitrogen and oxygen atoms in total. The fourth-order valence-corrected chi connectivity index (χ4v) is 1.89. The highest BCUT2D eigenvalue weighted by molar-refractivity contribution is 5.95. The molecule has 0 aliphatic heterocycles. The molecule has 0 bridgehead atoms. The fourth-order valence-electron chi connectivity index (χ4n) is 1.89. The van der Waals surface area contributed by atoms with Gasteiger partial charge in [-0.1, -0.05) is 18.2 Å². The summed E-state index contributed by atoms with van der Waals surface area (Å²) < 4.78 is 6.33. The lowest BCUT2D eigenvalue weighted by Crippen LogP contribution is -2.05. The summed E-state index contributed by atoms with van der Waals surface area (Å²) in [7, 11) is 1.37. The Morgan fingerprint density at radius 2 is 2.22 bits per heavy atom. The average molecular weight is 246 g/mol. The molecule has 0 aliphatic carbocycles. The average Bonchev–Trinajstić information content (AvgIpc) is 2.77. The minimum atomic E-state index is -0.234. The summed E-state index contributed by atoms with van der Waals surface area (Å²) in [6, 6.07) is 7.54. The molecule has 2 rings (SSSR count). The van der Waals surface area contributed by atoms with Crippen LogP contribution in [0.1, 0.15) is 23.3 Å². The van der Waals surface area contributed by atoms with E-state index in [4.69, 9.17) is 0 Å². The van der Waals surface area contributed by atoms with Crippen LogP contribution in [0.5, 0.6) is 0 Å². The normalized spacial score (nSPS) is 10.5. The molecule has 0 saturated carbocycles. The Hall–Kier alpha value is -2.17. The number of fused-ring (bicyclic) bond motifs is 1.